The van der Waals surface area contributed by atoms with E-state index in [4.69, 9.17) is 4.74 Å². The normalized spacial score (nSPS) is 29.2. The van der Waals surface area contributed by atoms with Gasteiger partial charge >= 0.3 is 0 Å². The Morgan fingerprint density at radius 3 is 2.44 bits per heavy atom. The van der Waals surface area contributed by atoms with Gasteiger partial charge in [0.15, 0.2) is 0 Å². The van der Waals surface area contributed by atoms with Crippen molar-refractivity contribution >= 4 is 11.8 Å². The molecule has 0 bridgehead atoms. The average Bonchev–Trinajstić information content (AvgIpc) is 2.34. The third-order valence-electron chi connectivity index (χ3n) is 3.37. The van der Waals surface area contributed by atoms with Gasteiger partial charge in [0.25, 0.3) is 0 Å². The van der Waals surface area contributed by atoms with Crippen LogP contribution in [-0.4, -0.2) is 33.9 Å². The van der Waals surface area contributed by atoms with Crippen LogP contribution in [0, 0.1) is 5.92 Å². The first-order valence-corrected chi connectivity index (χ1v) is 7.40. The predicted octanol–water partition coefficient (Wildman–Crippen LogP) is 3.08. The molecule has 1 heterocycles. The summed E-state index contributed by atoms with van der Waals surface area (Å²) in [6, 6.07) is 0. The maximum atomic E-state index is 10.3. The zero-order valence-electron chi connectivity index (χ0n) is 11.2. The molecule has 0 aromatic rings. The molecule has 0 amide bonds. The fourth-order valence-corrected chi connectivity index (χ4v) is 3.45. The van der Waals surface area contributed by atoms with E-state index in [1.54, 1.807) is 0 Å². The Balaban J connectivity index is 2.52. The first kappa shape index (κ1) is 14.3. The van der Waals surface area contributed by atoms with Gasteiger partial charge in [0.2, 0.25) is 0 Å². The molecule has 0 saturated carbocycles. The lowest BCUT2D eigenvalue weighted by molar-refractivity contribution is -0.0875. The van der Waals surface area contributed by atoms with Gasteiger partial charge in [-0.3, -0.25) is 0 Å². The van der Waals surface area contributed by atoms with Crippen LogP contribution >= 0.6 is 11.8 Å². The molecule has 1 rings (SSSR count). The van der Waals surface area contributed by atoms with Crippen molar-refractivity contribution in [3.05, 3.63) is 0 Å². The van der Waals surface area contributed by atoms with Gasteiger partial charge in [-0.1, -0.05) is 6.92 Å². The van der Waals surface area contributed by atoms with E-state index in [-0.39, 0.29) is 23.2 Å². The molecule has 0 aliphatic carbocycles. The summed E-state index contributed by atoms with van der Waals surface area (Å²) in [7, 11) is 0. The Labute approximate surface area is 104 Å². The van der Waals surface area contributed by atoms with Crippen molar-refractivity contribution in [2.45, 2.75) is 64.8 Å². The van der Waals surface area contributed by atoms with E-state index < -0.39 is 0 Å². The van der Waals surface area contributed by atoms with Gasteiger partial charge in [0, 0.05) is 5.92 Å². The molecule has 2 nitrogen and oxygen atoms in total. The zero-order valence-corrected chi connectivity index (χ0v) is 12.1. The molecule has 3 heteroatoms. The van der Waals surface area contributed by atoms with Crippen LogP contribution in [-0.2, 0) is 4.74 Å². The smallest absolute Gasteiger partial charge is 0.0687 e. The first-order chi connectivity index (χ1) is 7.28. The first-order valence-electron chi connectivity index (χ1n) is 6.24. The van der Waals surface area contributed by atoms with Gasteiger partial charge in [0.1, 0.15) is 0 Å². The van der Waals surface area contributed by atoms with Crippen molar-refractivity contribution in [2.24, 2.45) is 5.92 Å². The van der Waals surface area contributed by atoms with E-state index in [2.05, 4.69) is 34.6 Å². The summed E-state index contributed by atoms with van der Waals surface area (Å²) >= 11 is 1.89. The van der Waals surface area contributed by atoms with Crippen molar-refractivity contribution in [3.8, 4) is 0 Å². The van der Waals surface area contributed by atoms with E-state index in [9.17, 15) is 5.11 Å². The standard InChI is InChI=1S/C13H26O2S/c1-6-16-8-7-11(14)10-9-12(2,3)15-13(10,4)5/h10-11,14H,6-9H2,1-5H3. The minimum absolute atomic E-state index is 0.0902. The SMILES string of the molecule is CCSCCC(O)C1CC(C)(C)OC1(C)C. The molecular weight excluding hydrogens is 220 g/mol. The fourth-order valence-electron chi connectivity index (χ4n) is 2.75. The second-order valence-electron chi connectivity index (χ2n) is 5.83. The minimum atomic E-state index is -0.226. The Kier molecular flexibility index (Phi) is 4.73. The van der Waals surface area contributed by atoms with Crippen molar-refractivity contribution in [1.29, 1.82) is 0 Å². The van der Waals surface area contributed by atoms with Gasteiger partial charge in [-0.15, -0.1) is 0 Å². The highest BCUT2D eigenvalue weighted by molar-refractivity contribution is 7.99. The highest BCUT2D eigenvalue weighted by Crippen LogP contribution is 2.44. The highest BCUT2D eigenvalue weighted by Gasteiger charge is 2.48. The summed E-state index contributed by atoms with van der Waals surface area (Å²) < 4.78 is 6.01. The lowest BCUT2D eigenvalue weighted by Crippen LogP contribution is -2.36. The summed E-state index contributed by atoms with van der Waals surface area (Å²) in [6.07, 6.45) is 1.61. The largest absolute Gasteiger partial charge is 0.393 e. The molecule has 1 fully saturated rings. The third-order valence-corrected chi connectivity index (χ3v) is 4.30. The number of hydrogen-bond acceptors (Lipinski definition) is 3. The van der Waals surface area contributed by atoms with Crippen molar-refractivity contribution in [2.75, 3.05) is 11.5 Å². The highest BCUT2D eigenvalue weighted by atomic mass is 32.2. The van der Waals surface area contributed by atoms with E-state index >= 15 is 0 Å². The van der Waals surface area contributed by atoms with E-state index in [0.717, 1.165) is 24.3 Å². The molecule has 0 spiro atoms. The molecule has 0 aromatic carbocycles. The second kappa shape index (κ2) is 5.28. The Morgan fingerprint density at radius 2 is 2.00 bits per heavy atom. The number of rotatable bonds is 5. The Morgan fingerprint density at radius 1 is 1.38 bits per heavy atom. The topological polar surface area (TPSA) is 29.5 Å². The van der Waals surface area contributed by atoms with E-state index in [1.807, 2.05) is 11.8 Å². The van der Waals surface area contributed by atoms with Gasteiger partial charge in [0.05, 0.1) is 17.3 Å². The van der Waals surface area contributed by atoms with Crippen LogP contribution in [0.15, 0.2) is 0 Å². The van der Waals surface area contributed by atoms with E-state index in [0.29, 0.717) is 0 Å². The molecule has 2 unspecified atom stereocenters. The molecule has 16 heavy (non-hydrogen) atoms. The van der Waals surface area contributed by atoms with E-state index in [1.165, 1.54) is 0 Å². The lowest BCUT2D eigenvalue weighted by Gasteiger charge is -2.30. The van der Waals surface area contributed by atoms with Crippen molar-refractivity contribution < 1.29 is 9.84 Å². The molecule has 96 valence electrons. The molecule has 1 saturated heterocycles. The van der Waals surface area contributed by atoms with Gasteiger partial charge < -0.3 is 9.84 Å². The molecule has 0 radical (unpaired) electrons. The summed E-state index contributed by atoms with van der Waals surface area (Å²) in [5, 5.41) is 10.3. The van der Waals surface area contributed by atoms with Gasteiger partial charge in [-0.2, -0.15) is 11.8 Å². The zero-order chi connectivity index (χ0) is 12.4. The van der Waals surface area contributed by atoms with Crippen LogP contribution in [0.25, 0.3) is 0 Å². The summed E-state index contributed by atoms with van der Waals surface area (Å²) in [6.45, 7) is 10.6. The fraction of sp³-hybridized carbons (Fsp3) is 1.00. The number of ether oxygens (including phenoxy) is 1. The molecule has 1 aliphatic rings. The van der Waals surface area contributed by atoms with Gasteiger partial charge in [-0.25, -0.2) is 0 Å². The quantitative estimate of drug-likeness (QED) is 0.756. The minimum Gasteiger partial charge on any atom is -0.393 e. The lowest BCUT2D eigenvalue weighted by atomic mass is 9.82. The molecule has 2 atom stereocenters. The maximum absolute atomic E-state index is 10.3. The second-order valence-corrected chi connectivity index (χ2v) is 7.22. The van der Waals surface area contributed by atoms with Crippen LogP contribution in [0.1, 0.15) is 47.5 Å². The predicted molar refractivity (Wildman–Crippen MR) is 71.0 cm³/mol. The molecule has 1 aliphatic heterocycles. The van der Waals surface area contributed by atoms with Crippen LogP contribution in [0.4, 0.5) is 0 Å². The summed E-state index contributed by atoms with van der Waals surface area (Å²) in [4.78, 5) is 0. The Hall–Kier alpha value is 0.270. The van der Waals surface area contributed by atoms with Crippen LogP contribution in [0.2, 0.25) is 0 Å². The third kappa shape index (κ3) is 3.64. The Bertz CT molecular complexity index is 226. The number of aliphatic hydroxyl groups excluding tert-OH is 1. The summed E-state index contributed by atoms with van der Waals surface area (Å²) in [5.74, 6) is 2.44. The van der Waals surface area contributed by atoms with Crippen molar-refractivity contribution in [3.63, 3.8) is 0 Å². The monoisotopic (exact) mass is 246 g/mol. The van der Waals surface area contributed by atoms with Gasteiger partial charge in [-0.05, 0) is 52.0 Å². The van der Waals surface area contributed by atoms with Crippen molar-refractivity contribution in [1.82, 2.24) is 0 Å². The van der Waals surface area contributed by atoms with Crippen LogP contribution in [0.3, 0.4) is 0 Å². The number of hydrogen-bond donors (Lipinski definition) is 1. The molecular formula is C13H26O2S. The average molecular weight is 246 g/mol. The van der Waals surface area contributed by atoms with Crippen LogP contribution in [0.5, 0.6) is 0 Å². The number of thioether (sulfide) groups is 1. The molecule has 0 aromatic heterocycles. The van der Waals surface area contributed by atoms with Crippen LogP contribution < -0.4 is 0 Å². The molecule has 1 N–H and O–H groups in total. The number of aliphatic hydroxyl groups is 1. The maximum Gasteiger partial charge on any atom is 0.0687 e. The summed E-state index contributed by atoms with van der Waals surface area (Å²) in [5.41, 5.74) is -0.285.